The predicted octanol–water partition coefficient (Wildman–Crippen LogP) is 4.50. The minimum absolute atomic E-state index is 0.0489. The van der Waals surface area contributed by atoms with Gasteiger partial charge in [0.15, 0.2) is 0 Å². The van der Waals surface area contributed by atoms with Crippen LogP contribution in [0.2, 0.25) is 5.02 Å². The van der Waals surface area contributed by atoms with Crippen LogP contribution in [0.1, 0.15) is 28.4 Å². The summed E-state index contributed by atoms with van der Waals surface area (Å²) in [6, 6.07) is 3.59. The van der Waals surface area contributed by atoms with E-state index in [0.717, 1.165) is 20.3 Å². The van der Waals surface area contributed by atoms with Gasteiger partial charge < -0.3 is 4.98 Å². The molecule has 0 aliphatic carbocycles. The molecule has 0 radical (unpaired) electrons. The molecule has 0 aliphatic heterocycles. The molecule has 114 valence electrons. The molecule has 3 aromatic heterocycles. The molecule has 22 heavy (non-hydrogen) atoms. The number of thioether (sulfide) groups is 1. The number of aryl methyl sites for hydroxylation is 2. The molecule has 3 aromatic rings. The second-order valence-electron chi connectivity index (χ2n) is 4.97. The SMILES string of the molecule is Cc1sc2nc(C(C)Sc3ncccc3Cl)[nH]c(=O)c2c1C. The van der Waals surface area contributed by atoms with Crippen molar-refractivity contribution < 1.29 is 0 Å². The van der Waals surface area contributed by atoms with Gasteiger partial charge in [-0.15, -0.1) is 11.3 Å². The molecule has 1 atom stereocenters. The van der Waals surface area contributed by atoms with E-state index in [1.807, 2.05) is 20.8 Å². The Bertz CT molecular complexity index is 903. The number of rotatable bonds is 3. The van der Waals surface area contributed by atoms with Crippen molar-refractivity contribution in [3.05, 3.63) is 50.0 Å². The van der Waals surface area contributed by atoms with Crippen LogP contribution in [0.5, 0.6) is 0 Å². The maximum absolute atomic E-state index is 12.3. The van der Waals surface area contributed by atoms with Crippen molar-refractivity contribution in [3.8, 4) is 0 Å². The zero-order valence-electron chi connectivity index (χ0n) is 12.3. The fourth-order valence-electron chi connectivity index (χ4n) is 2.15. The highest BCUT2D eigenvalue weighted by Crippen LogP contribution is 2.36. The number of nitrogens with zero attached hydrogens (tertiary/aromatic N) is 2. The summed E-state index contributed by atoms with van der Waals surface area (Å²) in [6.45, 7) is 5.94. The molecule has 0 aromatic carbocycles. The zero-order valence-corrected chi connectivity index (χ0v) is 14.7. The maximum atomic E-state index is 12.3. The Morgan fingerprint density at radius 2 is 2.18 bits per heavy atom. The summed E-state index contributed by atoms with van der Waals surface area (Å²) >= 11 is 9.16. The van der Waals surface area contributed by atoms with Crippen LogP contribution in [-0.4, -0.2) is 15.0 Å². The molecule has 0 bridgehead atoms. The van der Waals surface area contributed by atoms with E-state index in [9.17, 15) is 4.79 Å². The number of aromatic amines is 1. The number of hydrogen-bond donors (Lipinski definition) is 1. The number of nitrogens with one attached hydrogen (secondary N) is 1. The summed E-state index contributed by atoms with van der Waals surface area (Å²) in [5.74, 6) is 0.644. The highest BCUT2D eigenvalue weighted by molar-refractivity contribution is 7.99. The van der Waals surface area contributed by atoms with Crippen molar-refractivity contribution in [2.75, 3.05) is 0 Å². The molecule has 1 unspecified atom stereocenters. The first kappa shape index (κ1) is 15.5. The first-order valence-electron chi connectivity index (χ1n) is 6.74. The van der Waals surface area contributed by atoms with Crippen LogP contribution in [0.25, 0.3) is 10.2 Å². The fourth-order valence-corrected chi connectivity index (χ4v) is 4.30. The van der Waals surface area contributed by atoms with Gasteiger partial charge in [0.05, 0.1) is 15.7 Å². The summed E-state index contributed by atoms with van der Waals surface area (Å²) in [6.07, 6.45) is 1.70. The van der Waals surface area contributed by atoms with Crippen LogP contribution in [-0.2, 0) is 0 Å². The summed E-state index contributed by atoms with van der Waals surface area (Å²) in [7, 11) is 0. The lowest BCUT2D eigenvalue weighted by atomic mass is 10.2. The predicted molar refractivity (Wildman–Crippen MR) is 93.2 cm³/mol. The van der Waals surface area contributed by atoms with E-state index < -0.39 is 0 Å². The average molecular weight is 352 g/mol. The second-order valence-corrected chi connectivity index (χ2v) is 7.90. The topological polar surface area (TPSA) is 58.6 Å². The molecule has 4 nitrogen and oxygen atoms in total. The molecule has 3 rings (SSSR count). The van der Waals surface area contributed by atoms with Gasteiger partial charge in [-0.05, 0) is 38.5 Å². The number of H-pyrrole nitrogens is 1. The smallest absolute Gasteiger partial charge is 0.259 e. The Balaban J connectivity index is 2.00. The average Bonchev–Trinajstić information content (AvgIpc) is 2.76. The first-order valence-corrected chi connectivity index (χ1v) is 8.82. The summed E-state index contributed by atoms with van der Waals surface area (Å²) in [5, 5.41) is 1.98. The molecule has 0 fully saturated rings. The number of hydrogen-bond acceptors (Lipinski definition) is 5. The molecule has 0 aliphatic rings. The standard InChI is InChI=1S/C15H14ClN3OS2/c1-7-8(2)21-15-11(7)13(20)18-12(19-15)9(3)22-14-10(16)5-4-6-17-14/h4-6,9H,1-3H3,(H,18,19,20). The second kappa shape index (κ2) is 6.02. The number of thiophene rings is 1. The van der Waals surface area contributed by atoms with Gasteiger partial charge in [0.1, 0.15) is 15.7 Å². The Labute approximate surface area is 141 Å². The highest BCUT2D eigenvalue weighted by atomic mass is 35.5. The van der Waals surface area contributed by atoms with Gasteiger partial charge in [-0.3, -0.25) is 4.79 Å². The molecule has 3 heterocycles. The van der Waals surface area contributed by atoms with Crippen molar-refractivity contribution >= 4 is 44.9 Å². The Kier molecular flexibility index (Phi) is 4.25. The lowest BCUT2D eigenvalue weighted by molar-refractivity contribution is 0.921. The van der Waals surface area contributed by atoms with Crippen molar-refractivity contribution in [2.45, 2.75) is 31.0 Å². The minimum Gasteiger partial charge on any atom is -0.309 e. The third-order valence-electron chi connectivity index (χ3n) is 3.46. The van der Waals surface area contributed by atoms with Gasteiger partial charge >= 0.3 is 0 Å². The largest absolute Gasteiger partial charge is 0.309 e. The third kappa shape index (κ3) is 2.78. The molecule has 0 amide bonds. The van der Waals surface area contributed by atoms with Crippen molar-refractivity contribution in [3.63, 3.8) is 0 Å². The van der Waals surface area contributed by atoms with Crippen LogP contribution in [0.4, 0.5) is 0 Å². The molecule has 1 N–H and O–H groups in total. The Morgan fingerprint density at radius 3 is 2.91 bits per heavy atom. The molecule has 7 heteroatoms. The highest BCUT2D eigenvalue weighted by Gasteiger charge is 2.17. The summed E-state index contributed by atoms with van der Waals surface area (Å²) in [4.78, 5) is 26.0. The van der Waals surface area contributed by atoms with Crippen LogP contribution in [0, 0.1) is 13.8 Å². The lowest BCUT2D eigenvalue weighted by Gasteiger charge is -2.10. The van der Waals surface area contributed by atoms with E-state index in [-0.39, 0.29) is 10.8 Å². The molecule has 0 spiro atoms. The van der Waals surface area contributed by atoms with Crippen molar-refractivity contribution in [1.82, 2.24) is 15.0 Å². The Hall–Kier alpha value is -1.37. The number of halogens is 1. The molecule has 0 saturated carbocycles. The van der Waals surface area contributed by atoms with E-state index in [1.165, 1.54) is 11.8 Å². The van der Waals surface area contributed by atoms with Gasteiger partial charge in [0, 0.05) is 11.1 Å². The van der Waals surface area contributed by atoms with E-state index in [1.54, 1.807) is 29.7 Å². The van der Waals surface area contributed by atoms with Gasteiger partial charge in [-0.2, -0.15) is 0 Å². The van der Waals surface area contributed by atoms with E-state index in [4.69, 9.17) is 11.6 Å². The normalized spacial score (nSPS) is 12.7. The number of fused-ring (bicyclic) bond motifs is 1. The lowest BCUT2D eigenvalue weighted by Crippen LogP contribution is -2.12. The van der Waals surface area contributed by atoms with E-state index >= 15 is 0 Å². The summed E-state index contributed by atoms with van der Waals surface area (Å²) in [5.41, 5.74) is 0.926. The quantitative estimate of drug-likeness (QED) is 0.705. The van der Waals surface area contributed by atoms with Crippen molar-refractivity contribution in [1.29, 1.82) is 0 Å². The van der Waals surface area contributed by atoms with Crippen LogP contribution in [0.15, 0.2) is 28.2 Å². The number of aromatic nitrogens is 3. The third-order valence-corrected chi connectivity index (χ3v) is 6.10. The van der Waals surface area contributed by atoms with Gasteiger partial charge in [-0.25, -0.2) is 9.97 Å². The number of pyridine rings is 1. The van der Waals surface area contributed by atoms with Gasteiger partial charge in [0.25, 0.3) is 5.56 Å². The van der Waals surface area contributed by atoms with E-state index in [0.29, 0.717) is 16.2 Å². The minimum atomic E-state index is -0.0820. The zero-order chi connectivity index (χ0) is 15.9. The van der Waals surface area contributed by atoms with Gasteiger partial charge in [0.2, 0.25) is 0 Å². The Morgan fingerprint density at radius 1 is 1.41 bits per heavy atom. The maximum Gasteiger partial charge on any atom is 0.259 e. The molecular weight excluding hydrogens is 338 g/mol. The summed E-state index contributed by atoms with van der Waals surface area (Å²) < 4.78 is 0. The van der Waals surface area contributed by atoms with E-state index in [2.05, 4.69) is 15.0 Å². The first-order chi connectivity index (χ1) is 10.5. The van der Waals surface area contributed by atoms with Crippen molar-refractivity contribution in [2.24, 2.45) is 0 Å². The fraction of sp³-hybridized carbons (Fsp3) is 0.267. The monoisotopic (exact) mass is 351 g/mol. The van der Waals surface area contributed by atoms with Crippen LogP contribution < -0.4 is 5.56 Å². The molecular formula is C15H14ClN3OS2. The van der Waals surface area contributed by atoms with Gasteiger partial charge in [-0.1, -0.05) is 23.4 Å². The van der Waals surface area contributed by atoms with Crippen LogP contribution in [0.3, 0.4) is 0 Å². The molecule has 0 saturated heterocycles. The van der Waals surface area contributed by atoms with Crippen LogP contribution >= 0.6 is 34.7 Å².